The molecule has 0 bridgehead atoms. The summed E-state index contributed by atoms with van der Waals surface area (Å²) in [5.41, 5.74) is 0.343. The molecule has 0 spiro atoms. The van der Waals surface area contributed by atoms with Gasteiger partial charge in [0.05, 0.1) is 16.0 Å². The fourth-order valence-electron chi connectivity index (χ4n) is 1.80. The fourth-order valence-corrected chi connectivity index (χ4v) is 2.99. The average molecular weight is 414 g/mol. The smallest absolute Gasteiger partial charge is 0.276 e. The van der Waals surface area contributed by atoms with Crippen molar-refractivity contribution in [1.82, 2.24) is 4.83 Å². The quantitative estimate of drug-likeness (QED) is 0.443. The molecular formula is C14H12BrN3O5S. The van der Waals surface area contributed by atoms with Crippen LogP contribution in [0.15, 0.2) is 50.9 Å². The number of hydrazone groups is 1. The zero-order valence-corrected chi connectivity index (χ0v) is 14.7. The number of phenols is 1. The lowest BCUT2D eigenvalue weighted by atomic mass is 10.2. The van der Waals surface area contributed by atoms with Gasteiger partial charge in [0.1, 0.15) is 5.75 Å². The van der Waals surface area contributed by atoms with Gasteiger partial charge in [-0.25, -0.2) is 4.83 Å². The van der Waals surface area contributed by atoms with Crippen LogP contribution in [-0.4, -0.2) is 24.7 Å². The number of nitrogens with zero attached hydrogens (tertiary/aromatic N) is 2. The molecule has 0 amide bonds. The first-order valence-electron chi connectivity index (χ1n) is 6.49. The summed E-state index contributed by atoms with van der Waals surface area (Å²) in [7, 11) is -4.07. The van der Waals surface area contributed by atoms with Gasteiger partial charge in [-0.3, -0.25) is 10.1 Å². The number of hydrogen-bond donors (Lipinski definition) is 2. The number of aromatic hydroxyl groups is 1. The molecule has 2 rings (SSSR count). The number of hydrogen-bond acceptors (Lipinski definition) is 6. The summed E-state index contributed by atoms with van der Waals surface area (Å²) in [6, 6.07) is 8.13. The molecule has 126 valence electrons. The highest BCUT2D eigenvalue weighted by atomic mass is 79.9. The molecule has 0 aliphatic rings. The Balaban J connectivity index is 2.26. The molecular weight excluding hydrogens is 402 g/mol. The third-order valence-electron chi connectivity index (χ3n) is 3.05. The van der Waals surface area contributed by atoms with Crippen LogP contribution < -0.4 is 4.83 Å². The van der Waals surface area contributed by atoms with E-state index in [0.717, 1.165) is 12.3 Å². The molecule has 0 aromatic heterocycles. The Labute approximate surface area is 146 Å². The van der Waals surface area contributed by atoms with Crippen molar-refractivity contribution in [3.63, 3.8) is 0 Å². The van der Waals surface area contributed by atoms with Crippen molar-refractivity contribution in [2.75, 3.05) is 0 Å². The summed E-state index contributed by atoms with van der Waals surface area (Å²) in [6.45, 7) is 1.51. The van der Waals surface area contributed by atoms with E-state index in [-0.39, 0.29) is 16.3 Å². The maximum Gasteiger partial charge on any atom is 0.276 e. The SMILES string of the molecule is Cc1ccc(S(=O)(=O)N/N=C/c2cc(Br)ccc2O)cc1[N+](=O)[O-]. The summed E-state index contributed by atoms with van der Waals surface area (Å²) >= 11 is 3.22. The Bertz CT molecular complexity index is 928. The molecule has 24 heavy (non-hydrogen) atoms. The molecule has 0 unspecified atom stereocenters. The van der Waals surface area contributed by atoms with E-state index in [1.54, 1.807) is 12.1 Å². The number of nitro groups is 1. The van der Waals surface area contributed by atoms with E-state index in [1.807, 2.05) is 4.83 Å². The normalized spacial score (nSPS) is 11.6. The van der Waals surface area contributed by atoms with Gasteiger partial charge in [0, 0.05) is 21.7 Å². The summed E-state index contributed by atoms with van der Waals surface area (Å²) in [6.07, 6.45) is 1.13. The number of nitro benzene ring substituents is 1. The molecule has 0 saturated heterocycles. The van der Waals surface area contributed by atoms with Crippen LogP contribution in [0.3, 0.4) is 0 Å². The third-order valence-corrected chi connectivity index (χ3v) is 4.77. The van der Waals surface area contributed by atoms with E-state index in [4.69, 9.17) is 0 Å². The minimum atomic E-state index is -4.07. The van der Waals surface area contributed by atoms with Crippen molar-refractivity contribution in [3.05, 3.63) is 62.1 Å². The number of sulfonamides is 1. The van der Waals surface area contributed by atoms with Crippen LogP contribution >= 0.6 is 15.9 Å². The zero-order valence-electron chi connectivity index (χ0n) is 12.3. The third kappa shape index (κ3) is 4.09. The van der Waals surface area contributed by atoms with E-state index in [9.17, 15) is 23.6 Å². The van der Waals surface area contributed by atoms with E-state index in [1.165, 1.54) is 25.1 Å². The Kier molecular flexibility index (Phi) is 5.20. The van der Waals surface area contributed by atoms with Crippen molar-refractivity contribution in [2.45, 2.75) is 11.8 Å². The van der Waals surface area contributed by atoms with Crippen molar-refractivity contribution >= 4 is 37.9 Å². The molecule has 8 nitrogen and oxygen atoms in total. The van der Waals surface area contributed by atoms with Crippen molar-refractivity contribution in [1.29, 1.82) is 0 Å². The van der Waals surface area contributed by atoms with Gasteiger partial charge < -0.3 is 5.11 Å². The number of nitrogens with one attached hydrogen (secondary N) is 1. The van der Waals surface area contributed by atoms with Crippen molar-refractivity contribution < 1.29 is 18.4 Å². The number of benzene rings is 2. The van der Waals surface area contributed by atoms with Gasteiger partial charge in [0.15, 0.2) is 0 Å². The number of rotatable bonds is 5. The van der Waals surface area contributed by atoms with Crippen LogP contribution in [0.5, 0.6) is 5.75 Å². The van der Waals surface area contributed by atoms with Gasteiger partial charge in [0.25, 0.3) is 15.7 Å². The highest BCUT2D eigenvalue weighted by molar-refractivity contribution is 9.10. The van der Waals surface area contributed by atoms with Crippen LogP contribution in [0, 0.1) is 17.0 Å². The van der Waals surface area contributed by atoms with Gasteiger partial charge in [-0.1, -0.05) is 22.0 Å². The highest BCUT2D eigenvalue weighted by Crippen LogP contribution is 2.22. The summed E-state index contributed by atoms with van der Waals surface area (Å²) in [5.74, 6) is -0.0767. The van der Waals surface area contributed by atoms with E-state index >= 15 is 0 Å². The van der Waals surface area contributed by atoms with Crippen LogP contribution in [-0.2, 0) is 10.0 Å². The lowest BCUT2D eigenvalue weighted by molar-refractivity contribution is -0.385. The summed E-state index contributed by atoms with van der Waals surface area (Å²) < 4.78 is 25.0. The van der Waals surface area contributed by atoms with Crippen molar-refractivity contribution in [2.24, 2.45) is 5.10 Å². The highest BCUT2D eigenvalue weighted by Gasteiger charge is 2.19. The predicted octanol–water partition coefficient (Wildman–Crippen LogP) is 2.68. The maximum atomic E-state index is 12.1. The number of phenolic OH excluding ortho intramolecular Hbond substituents is 1. The molecule has 2 N–H and O–H groups in total. The number of aryl methyl sites for hydroxylation is 1. The Morgan fingerprint density at radius 3 is 2.67 bits per heavy atom. The second kappa shape index (κ2) is 6.97. The molecule has 0 aliphatic heterocycles. The van der Waals surface area contributed by atoms with Crippen LogP contribution in [0.25, 0.3) is 0 Å². The van der Waals surface area contributed by atoms with E-state index in [0.29, 0.717) is 15.6 Å². The molecule has 0 saturated carbocycles. The summed E-state index contributed by atoms with van der Waals surface area (Å²) in [5, 5.41) is 24.1. The topological polar surface area (TPSA) is 122 Å². The largest absolute Gasteiger partial charge is 0.507 e. The lowest BCUT2D eigenvalue weighted by Gasteiger charge is -2.05. The Morgan fingerprint density at radius 1 is 1.29 bits per heavy atom. The first kappa shape index (κ1) is 17.9. The van der Waals surface area contributed by atoms with Gasteiger partial charge in [-0.15, -0.1) is 0 Å². The Hall–Kier alpha value is -2.46. The minimum Gasteiger partial charge on any atom is -0.507 e. The molecule has 0 radical (unpaired) electrons. The minimum absolute atomic E-state index is 0.0767. The molecule has 2 aromatic rings. The van der Waals surface area contributed by atoms with Crippen LogP contribution in [0.2, 0.25) is 0 Å². The zero-order chi connectivity index (χ0) is 17.9. The van der Waals surface area contributed by atoms with Gasteiger partial charge in [-0.05, 0) is 31.2 Å². The Morgan fingerprint density at radius 2 is 2.00 bits per heavy atom. The van der Waals surface area contributed by atoms with E-state index < -0.39 is 14.9 Å². The second-order valence-electron chi connectivity index (χ2n) is 4.76. The lowest BCUT2D eigenvalue weighted by Crippen LogP contribution is -2.18. The first-order valence-corrected chi connectivity index (χ1v) is 8.77. The van der Waals surface area contributed by atoms with Gasteiger partial charge in [-0.2, -0.15) is 13.5 Å². The second-order valence-corrected chi connectivity index (χ2v) is 7.34. The first-order chi connectivity index (χ1) is 11.2. The number of halogens is 1. The monoisotopic (exact) mass is 413 g/mol. The molecule has 2 aromatic carbocycles. The summed E-state index contributed by atoms with van der Waals surface area (Å²) in [4.78, 5) is 11.9. The van der Waals surface area contributed by atoms with E-state index in [2.05, 4.69) is 21.0 Å². The van der Waals surface area contributed by atoms with Crippen LogP contribution in [0.4, 0.5) is 5.69 Å². The molecule has 0 aliphatic carbocycles. The van der Waals surface area contributed by atoms with Gasteiger partial charge in [0.2, 0.25) is 0 Å². The molecule has 10 heteroatoms. The molecule has 0 atom stereocenters. The molecule has 0 fully saturated rings. The fraction of sp³-hybridized carbons (Fsp3) is 0.0714. The van der Waals surface area contributed by atoms with Crippen LogP contribution in [0.1, 0.15) is 11.1 Å². The molecule has 0 heterocycles. The standard InChI is InChI=1S/C14H12BrN3O5S/c1-9-2-4-12(7-13(9)18(20)21)24(22,23)17-16-8-10-6-11(15)3-5-14(10)19/h2-8,17,19H,1H3/b16-8+. The van der Waals surface area contributed by atoms with Gasteiger partial charge >= 0.3 is 0 Å². The van der Waals surface area contributed by atoms with Crippen molar-refractivity contribution in [3.8, 4) is 5.75 Å². The predicted molar refractivity (Wildman–Crippen MR) is 91.6 cm³/mol. The maximum absolute atomic E-state index is 12.1. The average Bonchev–Trinajstić information content (AvgIpc) is 2.50.